The molecule has 0 aliphatic heterocycles. The van der Waals surface area contributed by atoms with Gasteiger partial charge in [0.15, 0.2) is 5.82 Å². The molecule has 0 atom stereocenters. The highest BCUT2D eigenvalue weighted by molar-refractivity contribution is 14.1. The van der Waals surface area contributed by atoms with Gasteiger partial charge in [0, 0.05) is 15.3 Å². The van der Waals surface area contributed by atoms with Gasteiger partial charge in [-0.3, -0.25) is 0 Å². The molecule has 13 heavy (non-hydrogen) atoms. The second kappa shape index (κ2) is 3.78. The highest BCUT2D eigenvalue weighted by atomic mass is 127. The Kier molecular flexibility index (Phi) is 2.49. The second-order valence-electron chi connectivity index (χ2n) is 2.47. The topological polar surface area (TPSA) is 38.7 Å². The number of benzene rings is 1. The van der Waals surface area contributed by atoms with Crippen molar-refractivity contribution in [2.24, 2.45) is 0 Å². The summed E-state index contributed by atoms with van der Waals surface area (Å²) in [6.45, 7) is 0. The lowest BCUT2D eigenvalue weighted by Gasteiger charge is -1.97. The van der Waals surface area contributed by atoms with Gasteiger partial charge in [-0.05, 0) is 34.7 Å². The molecular weight excluding hydrogens is 277 g/mol. The van der Waals surface area contributed by atoms with E-state index in [9.17, 15) is 0 Å². The Hall–Kier alpha value is -1.04. The van der Waals surface area contributed by atoms with Crippen LogP contribution < -0.4 is 0 Å². The molecule has 0 amide bonds. The maximum absolute atomic E-state index is 4.10. The van der Waals surface area contributed by atoms with Crippen molar-refractivity contribution in [3.63, 3.8) is 0 Å². The fourth-order valence-electron chi connectivity index (χ4n) is 0.979. The standard InChI is InChI=1S/C9H6IN3/c10-8-3-1-7(2-4-8)9-11-5-6-12-13-9/h1-6H. The molecule has 1 aromatic heterocycles. The van der Waals surface area contributed by atoms with Gasteiger partial charge in [-0.25, -0.2) is 4.98 Å². The minimum Gasteiger partial charge on any atom is -0.233 e. The predicted octanol–water partition coefficient (Wildman–Crippen LogP) is 2.14. The maximum atomic E-state index is 4.10. The van der Waals surface area contributed by atoms with Crippen molar-refractivity contribution in [3.05, 3.63) is 40.2 Å². The van der Waals surface area contributed by atoms with E-state index in [4.69, 9.17) is 0 Å². The molecule has 0 aliphatic carbocycles. The molecule has 0 saturated heterocycles. The molecule has 0 radical (unpaired) electrons. The van der Waals surface area contributed by atoms with Crippen LogP contribution in [0.25, 0.3) is 11.4 Å². The number of hydrogen-bond donors (Lipinski definition) is 0. The lowest BCUT2D eigenvalue weighted by molar-refractivity contribution is 0.980. The van der Waals surface area contributed by atoms with Crippen molar-refractivity contribution < 1.29 is 0 Å². The SMILES string of the molecule is Ic1ccc(-c2nccnn2)cc1. The Morgan fingerprint density at radius 3 is 2.38 bits per heavy atom. The molecule has 2 aromatic rings. The predicted molar refractivity (Wildman–Crippen MR) is 58.0 cm³/mol. The molecule has 0 saturated carbocycles. The lowest BCUT2D eigenvalue weighted by atomic mass is 10.2. The van der Waals surface area contributed by atoms with Gasteiger partial charge in [-0.15, -0.1) is 5.10 Å². The first-order valence-electron chi connectivity index (χ1n) is 3.76. The van der Waals surface area contributed by atoms with Crippen LogP contribution in [0.4, 0.5) is 0 Å². The Balaban J connectivity index is 2.42. The summed E-state index contributed by atoms with van der Waals surface area (Å²) < 4.78 is 1.20. The average molecular weight is 283 g/mol. The van der Waals surface area contributed by atoms with Gasteiger partial charge in [0.25, 0.3) is 0 Å². The van der Waals surface area contributed by atoms with Crippen molar-refractivity contribution in [2.75, 3.05) is 0 Å². The van der Waals surface area contributed by atoms with Crippen molar-refractivity contribution in [3.8, 4) is 11.4 Å². The highest BCUT2D eigenvalue weighted by Gasteiger charge is 1.98. The van der Waals surface area contributed by atoms with Gasteiger partial charge in [0.2, 0.25) is 0 Å². The molecular formula is C9H6IN3. The Morgan fingerprint density at radius 1 is 1.00 bits per heavy atom. The monoisotopic (exact) mass is 283 g/mol. The highest BCUT2D eigenvalue weighted by Crippen LogP contribution is 2.14. The van der Waals surface area contributed by atoms with Crippen LogP contribution in [0, 0.1) is 3.57 Å². The molecule has 1 heterocycles. The Morgan fingerprint density at radius 2 is 1.77 bits per heavy atom. The molecule has 1 aromatic carbocycles. The molecule has 0 unspecified atom stereocenters. The second-order valence-corrected chi connectivity index (χ2v) is 3.72. The van der Waals surface area contributed by atoms with Crippen LogP contribution in [0.1, 0.15) is 0 Å². The van der Waals surface area contributed by atoms with Crippen LogP contribution in [0.5, 0.6) is 0 Å². The van der Waals surface area contributed by atoms with Gasteiger partial charge >= 0.3 is 0 Å². The number of nitrogens with zero attached hydrogens (tertiary/aromatic N) is 3. The van der Waals surface area contributed by atoms with Gasteiger partial charge < -0.3 is 0 Å². The summed E-state index contributed by atoms with van der Waals surface area (Å²) in [5.74, 6) is 0.666. The number of aromatic nitrogens is 3. The lowest BCUT2D eigenvalue weighted by Crippen LogP contribution is -1.89. The van der Waals surface area contributed by atoms with Crippen molar-refractivity contribution in [1.82, 2.24) is 15.2 Å². The fraction of sp³-hybridized carbons (Fsp3) is 0. The summed E-state index contributed by atoms with van der Waals surface area (Å²) in [5.41, 5.74) is 0.994. The van der Waals surface area contributed by atoms with E-state index in [0.29, 0.717) is 5.82 Å². The zero-order valence-corrected chi connectivity index (χ0v) is 8.84. The van der Waals surface area contributed by atoms with Crippen LogP contribution in [0.15, 0.2) is 36.7 Å². The third kappa shape index (κ3) is 2.00. The first-order chi connectivity index (χ1) is 6.36. The van der Waals surface area contributed by atoms with Crippen molar-refractivity contribution >= 4 is 22.6 Å². The number of rotatable bonds is 1. The fourth-order valence-corrected chi connectivity index (χ4v) is 1.34. The van der Waals surface area contributed by atoms with Gasteiger partial charge in [0.05, 0.1) is 6.20 Å². The van der Waals surface area contributed by atoms with Gasteiger partial charge in [-0.2, -0.15) is 5.10 Å². The molecule has 64 valence electrons. The molecule has 4 heteroatoms. The number of halogens is 1. The zero-order chi connectivity index (χ0) is 9.10. The largest absolute Gasteiger partial charge is 0.233 e. The molecule has 0 spiro atoms. The molecule has 0 N–H and O–H groups in total. The van der Waals surface area contributed by atoms with E-state index in [1.165, 1.54) is 3.57 Å². The third-order valence-corrected chi connectivity index (χ3v) is 2.30. The van der Waals surface area contributed by atoms with Crippen molar-refractivity contribution in [2.45, 2.75) is 0 Å². The molecule has 0 fully saturated rings. The zero-order valence-electron chi connectivity index (χ0n) is 6.68. The molecule has 0 bridgehead atoms. The first kappa shape index (κ1) is 8.55. The quantitative estimate of drug-likeness (QED) is 0.753. The smallest absolute Gasteiger partial charge is 0.181 e. The van der Waals surface area contributed by atoms with Crippen molar-refractivity contribution in [1.29, 1.82) is 0 Å². The summed E-state index contributed by atoms with van der Waals surface area (Å²) in [4.78, 5) is 4.10. The van der Waals surface area contributed by atoms with Gasteiger partial charge in [-0.1, -0.05) is 12.1 Å². The van der Waals surface area contributed by atoms with Crippen LogP contribution in [0.2, 0.25) is 0 Å². The van der Waals surface area contributed by atoms with Gasteiger partial charge in [0.1, 0.15) is 0 Å². The summed E-state index contributed by atoms with van der Waals surface area (Å²) in [6, 6.07) is 8.01. The third-order valence-electron chi connectivity index (χ3n) is 1.59. The minimum atomic E-state index is 0.666. The van der Waals surface area contributed by atoms with E-state index in [-0.39, 0.29) is 0 Å². The average Bonchev–Trinajstić information content (AvgIpc) is 2.20. The minimum absolute atomic E-state index is 0.666. The van der Waals surface area contributed by atoms with E-state index in [0.717, 1.165) is 5.56 Å². The van der Waals surface area contributed by atoms with Crippen LogP contribution >= 0.6 is 22.6 Å². The van der Waals surface area contributed by atoms with Crippen LogP contribution in [-0.4, -0.2) is 15.2 Å². The van der Waals surface area contributed by atoms with E-state index in [1.807, 2.05) is 24.3 Å². The van der Waals surface area contributed by atoms with Crippen LogP contribution in [0.3, 0.4) is 0 Å². The van der Waals surface area contributed by atoms with E-state index < -0.39 is 0 Å². The van der Waals surface area contributed by atoms with E-state index >= 15 is 0 Å². The normalized spacial score (nSPS) is 9.92. The summed E-state index contributed by atoms with van der Waals surface area (Å²) >= 11 is 2.26. The number of hydrogen-bond acceptors (Lipinski definition) is 3. The summed E-state index contributed by atoms with van der Waals surface area (Å²) in [7, 11) is 0. The van der Waals surface area contributed by atoms with E-state index in [1.54, 1.807) is 12.4 Å². The first-order valence-corrected chi connectivity index (χ1v) is 4.84. The molecule has 2 rings (SSSR count). The van der Waals surface area contributed by atoms with E-state index in [2.05, 4.69) is 37.8 Å². The summed E-state index contributed by atoms with van der Waals surface area (Å²) in [6.07, 6.45) is 3.20. The Bertz CT molecular complexity index is 385. The van der Waals surface area contributed by atoms with Crippen LogP contribution in [-0.2, 0) is 0 Å². The molecule has 3 nitrogen and oxygen atoms in total. The summed E-state index contributed by atoms with van der Waals surface area (Å²) in [5, 5.41) is 7.68. The maximum Gasteiger partial charge on any atom is 0.181 e. The molecule has 0 aliphatic rings. The Labute approximate surface area is 89.4 Å².